The lowest BCUT2D eigenvalue weighted by molar-refractivity contribution is -0.0265. The molecule has 0 aromatic carbocycles. The molecule has 1 saturated carbocycles. The van der Waals surface area contributed by atoms with E-state index in [-0.39, 0.29) is 6.10 Å². The van der Waals surface area contributed by atoms with Crippen LogP contribution in [0.2, 0.25) is 0 Å². The molecule has 2 aromatic rings. The lowest BCUT2D eigenvalue weighted by atomic mass is 9.85. The molecule has 1 aliphatic carbocycles. The summed E-state index contributed by atoms with van der Waals surface area (Å²) in [6, 6.07) is 3.76. The minimum Gasteiger partial charge on any atom is -0.424 e. The first-order valence-corrected chi connectivity index (χ1v) is 8.54. The Hall–Kier alpha value is -2.06. The van der Waals surface area contributed by atoms with Gasteiger partial charge in [-0.3, -0.25) is 4.90 Å². The highest BCUT2D eigenvalue weighted by Crippen LogP contribution is 2.35. The van der Waals surface area contributed by atoms with Gasteiger partial charge < -0.3 is 14.5 Å². The van der Waals surface area contributed by atoms with Crippen molar-refractivity contribution in [3.05, 3.63) is 30.1 Å². The Bertz CT molecular complexity index is 645. The van der Waals surface area contributed by atoms with Gasteiger partial charge in [0.05, 0.1) is 19.3 Å². The molecule has 4 rings (SSSR count). The molecule has 1 aliphatic heterocycles. The average molecular weight is 330 g/mol. The van der Waals surface area contributed by atoms with Crippen LogP contribution < -0.4 is 5.32 Å². The van der Waals surface area contributed by atoms with Crippen molar-refractivity contribution in [3.8, 4) is 0 Å². The molecular formula is C16H22N6O2. The first-order chi connectivity index (χ1) is 11.9. The van der Waals surface area contributed by atoms with Crippen LogP contribution in [-0.2, 0) is 11.3 Å². The molecule has 1 atom stereocenters. The van der Waals surface area contributed by atoms with Gasteiger partial charge in [-0.2, -0.15) is 5.10 Å². The number of rotatable bonds is 6. The number of nitrogens with zero attached hydrogens (tertiary/aromatic N) is 5. The summed E-state index contributed by atoms with van der Waals surface area (Å²) in [5.41, 5.74) is 0. The Kier molecular flexibility index (Phi) is 4.66. The number of aromatic nitrogens is 4. The maximum Gasteiger partial charge on any atom is 0.230 e. The largest absolute Gasteiger partial charge is 0.424 e. The highest BCUT2D eigenvalue weighted by molar-refractivity contribution is 5.31. The van der Waals surface area contributed by atoms with E-state index >= 15 is 0 Å². The van der Waals surface area contributed by atoms with Crippen molar-refractivity contribution < 1.29 is 9.15 Å². The van der Waals surface area contributed by atoms with Crippen molar-refractivity contribution in [3.63, 3.8) is 0 Å². The molecule has 2 fully saturated rings. The summed E-state index contributed by atoms with van der Waals surface area (Å²) in [6.45, 7) is 3.80. The standard InChI is InChI=1S/C16H22N6O2/c1-3-12(4-1)16-21-20-15(24-16)11-22-7-8-23-13(10-22)9-17-14-5-2-6-18-19-14/h2,5-6,12-13H,1,3-4,7-11H2,(H,17,19). The fraction of sp³-hybridized carbons (Fsp3) is 0.625. The summed E-state index contributed by atoms with van der Waals surface area (Å²) < 4.78 is 11.6. The summed E-state index contributed by atoms with van der Waals surface area (Å²) in [7, 11) is 0. The lowest BCUT2D eigenvalue weighted by Gasteiger charge is -2.32. The first-order valence-electron chi connectivity index (χ1n) is 8.54. The topological polar surface area (TPSA) is 89.2 Å². The van der Waals surface area contributed by atoms with E-state index in [4.69, 9.17) is 9.15 Å². The minimum atomic E-state index is 0.106. The fourth-order valence-electron chi connectivity index (χ4n) is 3.00. The second-order valence-corrected chi connectivity index (χ2v) is 6.38. The van der Waals surface area contributed by atoms with Gasteiger partial charge >= 0.3 is 0 Å². The molecule has 0 spiro atoms. The molecule has 2 aliphatic rings. The van der Waals surface area contributed by atoms with Gasteiger partial charge in [0.1, 0.15) is 5.82 Å². The second kappa shape index (κ2) is 7.23. The van der Waals surface area contributed by atoms with E-state index in [1.54, 1.807) is 6.20 Å². The molecule has 1 N–H and O–H groups in total. The minimum absolute atomic E-state index is 0.106. The molecule has 1 unspecified atom stereocenters. The molecule has 0 bridgehead atoms. The highest BCUT2D eigenvalue weighted by Gasteiger charge is 2.26. The van der Waals surface area contributed by atoms with Crippen LogP contribution in [0, 0.1) is 0 Å². The van der Waals surface area contributed by atoms with Gasteiger partial charge in [0.2, 0.25) is 11.8 Å². The molecular weight excluding hydrogens is 308 g/mol. The van der Waals surface area contributed by atoms with E-state index in [2.05, 4.69) is 30.6 Å². The smallest absolute Gasteiger partial charge is 0.230 e. The van der Waals surface area contributed by atoms with Crippen molar-refractivity contribution in [1.29, 1.82) is 0 Å². The van der Waals surface area contributed by atoms with Gasteiger partial charge in [-0.05, 0) is 25.0 Å². The lowest BCUT2D eigenvalue weighted by Crippen LogP contribution is -2.44. The SMILES string of the molecule is c1cnnc(NCC2CN(Cc3nnc(C4CCC4)o3)CCO2)c1. The maximum atomic E-state index is 5.82. The molecule has 8 heteroatoms. The van der Waals surface area contributed by atoms with E-state index in [1.165, 1.54) is 19.3 Å². The van der Waals surface area contributed by atoms with Crippen LogP contribution in [0.25, 0.3) is 0 Å². The van der Waals surface area contributed by atoms with Gasteiger partial charge in [0, 0.05) is 31.7 Å². The second-order valence-electron chi connectivity index (χ2n) is 6.38. The predicted octanol–water partition coefficient (Wildman–Crippen LogP) is 1.44. The zero-order chi connectivity index (χ0) is 16.2. The summed E-state index contributed by atoms with van der Waals surface area (Å²) in [6.07, 6.45) is 5.39. The predicted molar refractivity (Wildman–Crippen MR) is 86.4 cm³/mol. The van der Waals surface area contributed by atoms with E-state index in [1.807, 2.05) is 12.1 Å². The molecule has 128 valence electrons. The number of ether oxygens (including phenoxy) is 1. The summed E-state index contributed by atoms with van der Waals surface area (Å²) in [4.78, 5) is 2.30. The Morgan fingerprint density at radius 3 is 3.00 bits per heavy atom. The number of nitrogens with one attached hydrogen (secondary N) is 1. The van der Waals surface area contributed by atoms with Crippen LogP contribution in [0.4, 0.5) is 5.82 Å². The van der Waals surface area contributed by atoms with Gasteiger partial charge in [0.15, 0.2) is 0 Å². The third kappa shape index (κ3) is 3.70. The van der Waals surface area contributed by atoms with Crippen LogP contribution in [0.3, 0.4) is 0 Å². The van der Waals surface area contributed by atoms with Crippen molar-refractivity contribution in [2.24, 2.45) is 0 Å². The van der Waals surface area contributed by atoms with Crippen LogP contribution in [0.5, 0.6) is 0 Å². The van der Waals surface area contributed by atoms with Crippen LogP contribution in [-0.4, -0.2) is 57.6 Å². The third-order valence-corrected chi connectivity index (χ3v) is 4.60. The molecule has 1 saturated heterocycles. The van der Waals surface area contributed by atoms with Crippen molar-refractivity contribution in [2.45, 2.75) is 37.8 Å². The number of morpholine rings is 1. The van der Waals surface area contributed by atoms with Gasteiger partial charge in [-0.1, -0.05) is 6.42 Å². The maximum absolute atomic E-state index is 5.82. The summed E-state index contributed by atoms with van der Waals surface area (Å²) in [5, 5.41) is 19.5. The van der Waals surface area contributed by atoms with Gasteiger partial charge in [-0.25, -0.2) is 0 Å². The zero-order valence-corrected chi connectivity index (χ0v) is 13.6. The molecule has 8 nitrogen and oxygen atoms in total. The molecule has 24 heavy (non-hydrogen) atoms. The molecule has 0 radical (unpaired) electrons. The van der Waals surface area contributed by atoms with E-state index in [0.29, 0.717) is 31.5 Å². The summed E-state index contributed by atoms with van der Waals surface area (Å²) in [5.74, 6) is 2.77. The van der Waals surface area contributed by atoms with Crippen molar-refractivity contribution >= 4 is 5.82 Å². The molecule has 2 aromatic heterocycles. The van der Waals surface area contributed by atoms with Crippen molar-refractivity contribution in [2.75, 3.05) is 31.6 Å². The summed E-state index contributed by atoms with van der Waals surface area (Å²) >= 11 is 0. The first kappa shape index (κ1) is 15.5. The van der Waals surface area contributed by atoms with Gasteiger partial charge in [0.25, 0.3) is 0 Å². The molecule has 0 amide bonds. The van der Waals surface area contributed by atoms with Crippen LogP contribution >= 0.6 is 0 Å². The van der Waals surface area contributed by atoms with Gasteiger partial charge in [-0.15, -0.1) is 15.3 Å². The third-order valence-electron chi connectivity index (χ3n) is 4.60. The van der Waals surface area contributed by atoms with E-state index in [0.717, 1.165) is 24.8 Å². The quantitative estimate of drug-likeness (QED) is 0.851. The van der Waals surface area contributed by atoms with E-state index in [9.17, 15) is 0 Å². The monoisotopic (exact) mass is 330 g/mol. The zero-order valence-electron chi connectivity index (χ0n) is 13.6. The Morgan fingerprint density at radius 2 is 2.21 bits per heavy atom. The fourth-order valence-corrected chi connectivity index (χ4v) is 3.00. The van der Waals surface area contributed by atoms with Crippen LogP contribution in [0.15, 0.2) is 22.7 Å². The Balaban J connectivity index is 1.27. The van der Waals surface area contributed by atoms with Crippen LogP contribution in [0.1, 0.15) is 37.0 Å². The number of hydrogen-bond acceptors (Lipinski definition) is 8. The Morgan fingerprint density at radius 1 is 1.25 bits per heavy atom. The average Bonchev–Trinajstić information content (AvgIpc) is 3.00. The highest BCUT2D eigenvalue weighted by atomic mass is 16.5. The normalized spacial score (nSPS) is 22.2. The molecule has 3 heterocycles. The van der Waals surface area contributed by atoms with Crippen molar-refractivity contribution in [1.82, 2.24) is 25.3 Å². The number of hydrogen-bond donors (Lipinski definition) is 1. The number of anilines is 1. The van der Waals surface area contributed by atoms with E-state index < -0.39 is 0 Å². The Labute approximate surface area is 140 Å².